The molecule has 7 heteroatoms. The fourth-order valence-electron chi connectivity index (χ4n) is 2.81. The van der Waals surface area contributed by atoms with Crippen molar-refractivity contribution in [3.05, 3.63) is 77.6 Å². The van der Waals surface area contributed by atoms with Crippen molar-refractivity contribution in [3.8, 4) is 5.13 Å². The Morgan fingerprint density at radius 2 is 1.93 bits per heavy atom. The standard InChI is InChI=1S/C20H18N4O2S/c1-26-13-15-7-3-2-6-14(15)10-21-19(25)16-11-22-24(12-16)20-23-17-8-4-5-9-18(17)27-20/h2-9,11-12H,10,13H2,1H3,(H,21,25). The van der Waals surface area contributed by atoms with Crippen LogP contribution in [0.5, 0.6) is 0 Å². The summed E-state index contributed by atoms with van der Waals surface area (Å²) in [6.45, 7) is 0.951. The van der Waals surface area contributed by atoms with Crippen LogP contribution in [0.1, 0.15) is 21.5 Å². The van der Waals surface area contributed by atoms with Crippen LogP contribution >= 0.6 is 11.3 Å². The molecule has 0 atom stereocenters. The summed E-state index contributed by atoms with van der Waals surface area (Å²) in [6, 6.07) is 15.8. The van der Waals surface area contributed by atoms with E-state index in [0.717, 1.165) is 26.5 Å². The Morgan fingerprint density at radius 1 is 1.15 bits per heavy atom. The van der Waals surface area contributed by atoms with Gasteiger partial charge in [0.1, 0.15) is 0 Å². The molecule has 6 nitrogen and oxygen atoms in total. The number of thiazole rings is 1. The number of amides is 1. The van der Waals surface area contributed by atoms with Crippen molar-refractivity contribution in [2.45, 2.75) is 13.2 Å². The zero-order valence-corrected chi connectivity index (χ0v) is 15.6. The van der Waals surface area contributed by atoms with Gasteiger partial charge in [0, 0.05) is 19.9 Å². The van der Waals surface area contributed by atoms with Gasteiger partial charge < -0.3 is 10.1 Å². The number of aromatic nitrogens is 3. The van der Waals surface area contributed by atoms with Crippen molar-refractivity contribution in [3.63, 3.8) is 0 Å². The quantitative estimate of drug-likeness (QED) is 0.557. The van der Waals surface area contributed by atoms with Gasteiger partial charge in [-0.3, -0.25) is 4.79 Å². The molecule has 4 aromatic rings. The highest BCUT2D eigenvalue weighted by molar-refractivity contribution is 7.20. The average molecular weight is 378 g/mol. The van der Waals surface area contributed by atoms with Crippen LogP contribution < -0.4 is 5.32 Å². The van der Waals surface area contributed by atoms with E-state index in [0.29, 0.717) is 18.7 Å². The first-order valence-electron chi connectivity index (χ1n) is 8.49. The molecular formula is C20H18N4O2S. The van der Waals surface area contributed by atoms with Gasteiger partial charge in [-0.05, 0) is 23.3 Å². The second-order valence-corrected chi connectivity index (χ2v) is 7.03. The van der Waals surface area contributed by atoms with Crippen molar-refractivity contribution in [1.82, 2.24) is 20.1 Å². The van der Waals surface area contributed by atoms with Gasteiger partial charge >= 0.3 is 0 Å². The normalized spacial score (nSPS) is 11.0. The molecule has 0 radical (unpaired) electrons. The fraction of sp³-hybridized carbons (Fsp3) is 0.150. The van der Waals surface area contributed by atoms with Crippen molar-refractivity contribution in [2.75, 3.05) is 7.11 Å². The second kappa shape index (κ2) is 7.69. The van der Waals surface area contributed by atoms with E-state index in [9.17, 15) is 4.79 Å². The highest BCUT2D eigenvalue weighted by Gasteiger charge is 2.12. The monoisotopic (exact) mass is 378 g/mol. The summed E-state index contributed by atoms with van der Waals surface area (Å²) in [5.74, 6) is -0.172. The Morgan fingerprint density at radius 3 is 2.74 bits per heavy atom. The minimum atomic E-state index is -0.172. The molecule has 0 bridgehead atoms. The molecule has 1 amide bonds. The van der Waals surface area contributed by atoms with E-state index in [1.807, 2.05) is 48.5 Å². The summed E-state index contributed by atoms with van der Waals surface area (Å²) in [5.41, 5.74) is 3.52. The first-order chi connectivity index (χ1) is 13.2. The average Bonchev–Trinajstić information content (AvgIpc) is 3.34. The molecule has 0 aliphatic rings. The summed E-state index contributed by atoms with van der Waals surface area (Å²) < 4.78 is 7.93. The Balaban J connectivity index is 1.47. The summed E-state index contributed by atoms with van der Waals surface area (Å²) in [7, 11) is 1.66. The predicted molar refractivity (Wildman–Crippen MR) is 105 cm³/mol. The molecule has 0 aliphatic carbocycles. The number of rotatable bonds is 6. The van der Waals surface area contributed by atoms with Gasteiger partial charge in [0.2, 0.25) is 5.13 Å². The van der Waals surface area contributed by atoms with Crippen LogP contribution in [0.2, 0.25) is 0 Å². The maximum Gasteiger partial charge on any atom is 0.254 e. The van der Waals surface area contributed by atoms with E-state index in [2.05, 4.69) is 15.4 Å². The molecule has 0 unspecified atom stereocenters. The van der Waals surface area contributed by atoms with E-state index in [1.54, 1.807) is 24.2 Å². The number of nitrogens with zero attached hydrogens (tertiary/aromatic N) is 3. The number of hydrogen-bond donors (Lipinski definition) is 1. The third kappa shape index (κ3) is 3.74. The van der Waals surface area contributed by atoms with Crippen LogP contribution in [0.3, 0.4) is 0 Å². The molecule has 2 heterocycles. The maximum atomic E-state index is 12.5. The van der Waals surface area contributed by atoms with Crippen LogP contribution in [0.25, 0.3) is 15.3 Å². The first-order valence-corrected chi connectivity index (χ1v) is 9.31. The SMILES string of the molecule is COCc1ccccc1CNC(=O)c1cnn(-c2nc3ccccc3s2)c1. The lowest BCUT2D eigenvalue weighted by molar-refractivity contribution is 0.0950. The third-order valence-corrected chi connectivity index (χ3v) is 5.21. The molecule has 0 spiro atoms. The number of para-hydroxylation sites is 1. The molecular weight excluding hydrogens is 360 g/mol. The molecule has 0 saturated heterocycles. The molecule has 136 valence electrons. The van der Waals surface area contributed by atoms with Crippen LogP contribution in [0.15, 0.2) is 60.9 Å². The van der Waals surface area contributed by atoms with E-state index >= 15 is 0 Å². The number of benzene rings is 2. The van der Waals surface area contributed by atoms with E-state index in [-0.39, 0.29) is 5.91 Å². The van der Waals surface area contributed by atoms with Crippen LogP contribution in [-0.2, 0) is 17.9 Å². The topological polar surface area (TPSA) is 69.0 Å². The zero-order valence-electron chi connectivity index (χ0n) is 14.8. The van der Waals surface area contributed by atoms with Crippen molar-refractivity contribution in [1.29, 1.82) is 0 Å². The maximum absolute atomic E-state index is 12.5. The number of carbonyl (C=O) groups is 1. The Kier molecular flexibility index (Phi) is 4.95. The fourth-order valence-corrected chi connectivity index (χ4v) is 3.71. The second-order valence-electron chi connectivity index (χ2n) is 6.02. The molecule has 0 saturated carbocycles. The van der Waals surface area contributed by atoms with Crippen molar-refractivity contribution >= 4 is 27.5 Å². The number of carbonyl (C=O) groups excluding carboxylic acids is 1. The molecule has 27 heavy (non-hydrogen) atoms. The van der Waals surface area contributed by atoms with Gasteiger partial charge in [-0.1, -0.05) is 47.7 Å². The Labute approximate surface area is 160 Å². The minimum absolute atomic E-state index is 0.172. The summed E-state index contributed by atoms with van der Waals surface area (Å²) in [6.07, 6.45) is 3.26. The van der Waals surface area contributed by atoms with Crippen LogP contribution in [0, 0.1) is 0 Å². The van der Waals surface area contributed by atoms with Gasteiger partial charge in [-0.15, -0.1) is 0 Å². The number of hydrogen-bond acceptors (Lipinski definition) is 5. The third-order valence-electron chi connectivity index (χ3n) is 4.18. The largest absolute Gasteiger partial charge is 0.380 e. The van der Waals surface area contributed by atoms with Crippen molar-refractivity contribution in [2.24, 2.45) is 0 Å². The smallest absolute Gasteiger partial charge is 0.254 e. The minimum Gasteiger partial charge on any atom is -0.380 e. The van der Waals surface area contributed by atoms with Crippen LogP contribution in [-0.4, -0.2) is 27.8 Å². The first kappa shape index (κ1) is 17.4. The lowest BCUT2D eigenvalue weighted by Crippen LogP contribution is -2.23. The number of methoxy groups -OCH3 is 1. The van der Waals surface area contributed by atoms with E-state index < -0.39 is 0 Å². The number of ether oxygens (including phenoxy) is 1. The van der Waals surface area contributed by atoms with Gasteiger partial charge in [-0.2, -0.15) is 5.10 Å². The Hall–Kier alpha value is -3.03. The van der Waals surface area contributed by atoms with Crippen molar-refractivity contribution < 1.29 is 9.53 Å². The molecule has 4 rings (SSSR count). The highest BCUT2D eigenvalue weighted by atomic mass is 32.1. The molecule has 2 aromatic carbocycles. The highest BCUT2D eigenvalue weighted by Crippen LogP contribution is 2.24. The molecule has 0 fully saturated rings. The summed E-state index contributed by atoms with van der Waals surface area (Å²) in [5, 5.41) is 7.97. The van der Waals surface area contributed by atoms with Gasteiger partial charge in [-0.25, -0.2) is 9.67 Å². The summed E-state index contributed by atoms with van der Waals surface area (Å²) in [4.78, 5) is 17.0. The zero-order chi connectivity index (χ0) is 18.6. The van der Waals surface area contributed by atoms with E-state index in [1.165, 1.54) is 11.3 Å². The molecule has 1 N–H and O–H groups in total. The predicted octanol–water partition coefficient (Wildman–Crippen LogP) is 3.56. The number of nitrogens with one attached hydrogen (secondary N) is 1. The van der Waals surface area contributed by atoms with Crippen LogP contribution in [0.4, 0.5) is 0 Å². The van der Waals surface area contributed by atoms with E-state index in [4.69, 9.17) is 4.74 Å². The Bertz CT molecular complexity index is 1050. The lowest BCUT2D eigenvalue weighted by Gasteiger charge is -2.09. The van der Waals surface area contributed by atoms with Gasteiger partial charge in [0.05, 0.1) is 28.6 Å². The number of fused-ring (bicyclic) bond motifs is 1. The van der Waals surface area contributed by atoms with Gasteiger partial charge in [0.15, 0.2) is 0 Å². The van der Waals surface area contributed by atoms with Gasteiger partial charge in [0.25, 0.3) is 5.91 Å². The summed E-state index contributed by atoms with van der Waals surface area (Å²) >= 11 is 1.54. The molecule has 0 aliphatic heterocycles. The lowest BCUT2D eigenvalue weighted by atomic mass is 10.1. The molecule has 2 aromatic heterocycles.